The minimum atomic E-state index is -0.781. The van der Waals surface area contributed by atoms with E-state index < -0.39 is 36.2 Å². The lowest BCUT2D eigenvalue weighted by molar-refractivity contribution is -0.121. The maximum Gasteiger partial charge on any atom is 0.332 e. The van der Waals surface area contributed by atoms with E-state index in [4.69, 9.17) is 21.1 Å². The number of nitrogens with zero attached hydrogens (tertiary/aromatic N) is 3. The summed E-state index contributed by atoms with van der Waals surface area (Å²) in [6.07, 6.45) is 0. The van der Waals surface area contributed by atoms with E-state index in [9.17, 15) is 19.2 Å². The molecule has 1 aromatic heterocycles. The summed E-state index contributed by atoms with van der Waals surface area (Å²) >= 11 is 6.18. The lowest BCUT2D eigenvalue weighted by Crippen LogP contribution is -2.45. The number of rotatable bonds is 10. The first-order valence-electron chi connectivity index (χ1n) is 11.0. The molecule has 2 N–H and O–H groups in total. The molecule has 0 saturated heterocycles. The van der Waals surface area contributed by atoms with E-state index in [0.717, 1.165) is 9.13 Å². The van der Waals surface area contributed by atoms with Crippen molar-refractivity contribution in [1.29, 1.82) is 0 Å². The van der Waals surface area contributed by atoms with Crippen LogP contribution in [0.5, 0.6) is 11.5 Å². The first-order chi connectivity index (χ1) is 17.2. The first kappa shape index (κ1) is 26.8. The Hall–Kier alpha value is -3.83. The standard InChI is InChI=1S/C24H28ClN5O6/c1-28(2)10-9-26-21(31)13-30-23(33)15-7-5-6-8-18(15)29(24(30)34)14-22(32)27-17-11-16(25)19(35-3)12-20(17)36-4/h5-8,11-12H,9-10,13-14H2,1-4H3,(H,26,31)(H,27,32). The Morgan fingerprint density at radius 3 is 2.31 bits per heavy atom. The Balaban J connectivity index is 1.94. The molecular formula is C24H28ClN5O6. The van der Waals surface area contributed by atoms with Crippen molar-refractivity contribution in [3.63, 3.8) is 0 Å². The third-order valence-corrected chi connectivity index (χ3v) is 5.66. The van der Waals surface area contributed by atoms with Crippen LogP contribution in [0.3, 0.4) is 0 Å². The molecule has 0 bridgehead atoms. The number of halogens is 1. The average Bonchev–Trinajstić information content (AvgIpc) is 2.84. The molecule has 2 aromatic carbocycles. The van der Waals surface area contributed by atoms with Crippen LogP contribution >= 0.6 is 11.6 Å². The summed E-state index contributed by atoms with van der Waals surface area (Å²) in [5, 5.41) is 5.81. The number of carbonyl (C=O) groups excluding carboxylic acids is 2. The zero-order chi connectivity index (χ0) is 26.4. The number of fused-ring (bicyclic) bond motifs is 1. The van der Waals surface area contributed by atoms with Gasteiger partial charge in [0.1, 0.15) is 24.6 Å². The van der Waals surface area contributed by atoms with E-state index in [0.29, 0.717) is 24.6 Å². The number of methoxy groups -OCH3 is 2. The van der Waals surface area contributed by atoms with Crippen molar-refractivity contribution in [2.45, 2.75) is 13.1 Å². The fraction of sp³-hybridized carbons (Fsp3) is 0.333. The predicted molar refractivity (Wildman–Crippen MR) is 137 cm³/mol. The molecule has 0 unspecified atom stereocenters. The summed E-state index contributed by atoms with van der Waals surface area (Å²) in [6.45, 7) is 0.0623. The number of anilines is 1. The Morgan fingerprint density at radius 1 is 0.972 bits per heavy atom. The van der Waals surface area contributed by atoms with Gasteiger partial charge in [0, 0.05) is 19.2 Å². The molecule has 12 heteroatoms. The van der Waals surface area contributed by atoms with Gasteiger partial charge in [-0.15, -0.1) is 0 Å². The van der Waals surface area contributed by atoms with Crippen LogP contribution < -0.4 is 31.4 Å². The number of ether oxygens (including phenoxy) is 2. The SMILES string of the molecule is COc1cc(OC)c(NC(=O)Cn2c(=O)n(CC(=O)NCCN(C)C)c(=O)c3ccccc32)cc1Cl. The molecule has 3 aromatic rings. The molecule has 1 heterocycles. The van der Waals surface area contributed by atoms with Gasteiger partial charge < -0.3 is 25.0 Å². The second-order valence-electron chi connectivity index (χ2n) is 8.17. The number of benzene rings is 2. The van der Waals surface area contributed by atoms with Crippen LogP contribution in [-0.2, 0) is 22.7 Å². The van der Waals surface area contributed by atoms with Crippen LogP contribution in [0.4, 0.5) is 5.69 Å². The number of carbonyl (C=O) groups is 2. The molecule has 192 valence electrons. The normalized spacial score (nSPS) is 10.9. The van der Waals surface area contributed by atoms with E-state index in [1.165, 1.54) is 32.4 Å². The molecule has 2 amide bonds. The lowest BCUT2D eigenvalue weighted by atomic mass is 10.2. The fourth-order valence-electron chi connectivity index (χ4n) is 3.57. The van der Waals surface area contributed by atoms with Crippen molar-refractivity contribution >= 4 is 40.0 Å². The summed E-state index contributed by atoms with van der Waals surface area (Å²) in [5.41, 5.74) is -0.846. The number of hydrogen-bond donors (Lipinski definition) is 2. The van der Waals surface area contributed by atoms with Crippen molar-refractivity contribution in [2.75, 3.05) is 46.7 Å². The largest absolute Gasteiger partial charge is 0.495 e. The highest BCUT2D eigenvalue weighted by atomic mass is 35.5. The van der Waals surface area contributed by atoms with Crippen molar-refractivity contribution in [3.8, 4) is 11.5 Å². The predicted octanol–water partition coefficient (Wildman–Crippen LogP) is 1.15. The van der Waals surface area contributed by atoms with Crippen LogP contribution in [0.25, 0.3) is 10.9 Å². The summed E-state index contributed by atoms with van der Waals surface area (Å²) in [4.78, 5) is 53.5. The maximum absolute atomic E-state index is 13.3. The van der Waals surface area contributed by atoms with Crippen LogP contribution in [-0.4, -0.2) is 67.3 Å². The first-order valence-corrected chi connectivity index (χ1v) is 11.4. The minimum Gasteiger partial charge on any atom is -0.495 e. The second kappa shape index (κ2) is 11.7. The highest BCUT2D eigenvalue weighted by molar-refractivity contribution is 6.32. The molecular weight excluding hydrogens is 490 g/mol. The van der Waals surface area contributed by atoms with Gasteiger partial charge in [-0.25, -0.2) is 4.79 Å². The molecule has 0 aliphatic rings. The molecule has 0 radical (unpaired) electrons. The Labute approximate surface area is 212 Å². The van der Waals surface area contributed by atoms with Crippen LogP contribution in [0, 0.1) is 0 Å². The van der Waals surface area contributed by atoms with Crippen molar-refractivity contribution in [3.05, 3.63) is 62.3 Å². The van der Waals surface area contributed by atoms with E-state index in [1.807, 2.05) is 19.0 Å². The Bertz CT molecular complexity index is 1400. The van der Waals surface area contributed by atoms with E-state index in [1.54, 1.807) is 18.2 Å². The van der Waals surface area contributed by atoms with Gasteiger partial charge in [-0.3, -0.25) is 23.5 Å². The van der Waals surface area contributed by atoms with Crippen molar-refractivity contribution in [1.82, 2.24) is 19.4 Å². The molecule has 0 saturated carbocycles. The average molecular weight is 518 g/mol. The zero-order valence-electron chi connectivity index (χ0n) is 20.5. The van der Waals surface area contributed by atoms with Gasteiger partial charge in [0.15, 0.2) is 0 Å². The number of nitrogens with one attached hydrogen (secondary N) is 2. The number of para-hydroxylation sites is 1. The van der Waals surface area contributed by atoms with E-state index in [-0.39, 0.29) is 21.6 Å². The number of likely N-dealkylation sites (N-methyl/N-ethyl adjacent to an activating group) is 1. The molecule has 0 aliphatic heterocycles. The molecule has 0 aliphatic carbocycles. The van der Waals surface area contributed by atoms with Gasteiger partial charge >= 0.3 is 5.69 Å². The van der Waals surface area contributed by atoms with Crippen LogP contribution in [0.15, 0.2) is 46.0 Å². The molecule has 3 rings (SSSR count). The molecule has 36 heavy (non-hydrogen) atoms. The van der Waals surface area contributed by atoms with Gasteiger partial charge in [-0.1, -0.05) is 23.7 Å². The fourth-order valence-corrected chi connectivity index (χ4v) is 3.81. The Morgan fingerprint density at radius 2 is 1.64 bits per heavy atom. The van der Waals surface area contributed by atoms with Crippen LogP contribution in [0.2, 0.25) is 5.02 Å². The number of hydrogen-bond acceptors (Lipinski definition) is 7. The number of amides is 2. The van der Waals surface area contributed by atoms with Gasteiger partial charge in [-0.05, 0) is 32.3 Å². The maximum atomic E-state index is 13.3. The van der Waals surface area contributed by atoms with E-state index >= 15 is 0 Å². The zero-order valence-corrected chi connectivity index (χ0v) is 21.2. The summed E-state index contributed by atoms with van der Waals surface area (Å²) in [5.74, 6) is -0.381. The minimum absolute atomic E-state index is 0.205. The van der Waals surface area contributed by atoms with Crippen LogP contribution in [0.1, 0.15) is 0 Å². The molecule has 0 fully saturated rings. The highest BCUT2D eigenvalue weighted by Gasteiger charge is 2.18. The third kappa shape index (κ3) is 6.04. The monoisotopic (exact) mass is 517 g/mol. The van der Waals surface area contributed by atoms with Crippen molar-refractivity contribution in [2.24, 2.45) is 0 Å². The van der Waals surface area contributed by atoms with Gasteiger partial charge in [0.05, 0.1) is 35.8 Å². The summed E-state index contributed by atoms with van der Waals surface area (Å²) in [7, 11) is 6.60. The molecule has 0 atom stereocenters. The highest BCUT2D eigenvalue weighted by Crippen LogP contribution is 2.35. The molecule has 0 spiro atoms. The summed E-state index contributed by atoms with van der Waals surface area (Å²) < 4.78 is 12.4. The van der Waals surface area contributed by atoms with Gasteiger partial charge in [-0.2, -0.15) is 0 Å². The molecule has 11 nitrogen and oxygen atoms in total. The van der Waals surface area contributed by atoms with E-state index in [2.05, 4.69) is 10.6 Å². The van der Waals surface area contributed by atoms with Crippen molar-refractivity contribution < 1.29 is 19.1 Å². The number of aromatic nitrogens is 2. The quantitative estimate of drug-likeness (QED) is 0.413. The van der Waals surface area contributed by atoms with Gasteiger partial charge in [0.25, 0.3) is 5.56 Å². The third-order valence-electron chi connectivity index (χ3n) is 5.36. The van der Waals surface area contributed by atoms with Gasteiger partial charge in [0.2, 0.25) is 11.8 Å². The topological polar surface area (TPSA) is 124 Å². The second-order valence-corrected chi connectivity index (χ2v) is 8.57. The lowest BCUT2D eigenvalue weighted by Gasteiger charge is -2.16. The summed E-state index contributed by atoms with van der Waals surface area (Å²) in [6, 6.07) is 9.39. The smallest absolute Gasteiger partial charge is 0.332 e. The Kier molecular flexibility index (Phi) is 8.73.